The maximum atomic E-state index is 10.00. The molecule has 100 valence electrons. The van der Waals surface area contributed by atoms with Gasteiger partial charge in [-0.2, -0.15) is 0 Å². The molecule has 0 aliphatic heterocycles. The van der Waals surface area contributed by atoms with E-state index in [4.69, 9.17) is 81.2 Å². The number of halogens is 7. The molecule has 1 fully saturated rings. The first kappa shape index (κ1) is 14.3. The molecule has 3 aliphatic rings. The smallest absolute Gasteiger partial charge is 0.167 e. The van der Waals surface area contributed by atoms with Gasteiger partial charge in [0, 0.05) is 11.8 Å². The number of fused-ring (bicyclic) bond motifs is 5. The van der Waals surface area contributed by atoms with Crippen molar-refractivity contribution in [2.75, 3.05) is 0 Å². The van der Waals surface area contributed by atoms with Crippen LogP contribution >= 0.6 is 81.2 Å². The highest BCUT2D eigenvalue weighted by Crippen LogP contribution is 2.79. The van der Waals surface area contributed by atoms with E-state index in [9.17, 15) is 5.11 Å². The Morgan fingerprint density at radius 1 is 1.00 bits per heavy atom. The first-order valence-electron chi connectivity index (χ1n) is 4.98. The van der Waals surface area contributed by atoms with Gasteiger partial charge in [0.15, 0.2) is 4.33 Å². The van der Waals surface area contributed by atoms with E-state index in [1.165, 1.54) is 6.08 Å². The van der Waals surface area contributed by atoms with Crippen LogP contribution in [0, 0.1) is 11.8 Å². The fourth-order valence-electron chi connectivity index (χ4n) is 3.19. The molecule has 0 radical (unpaired) electrons. The molecule has 1 nitrogen and oxygen atoms in total. The quantitative estimate of drug-likeness (QED) is 0.570. The van der Waals surface area contributed by atoms with Gasteiger partial charge >= 0.3 is 0 Å². The van der Waals surface area contributed by atoms with Crippen molar-refractivity contribution in [3.05, 3.63) is 21.9 Å². The van der Waals surface area contributed by atoms with Crippen LogP contribution in [0.25, 0.3) is 0 Å². The number of hydrogen-bond donors (Lipinski definition) is 1. The van der Waals surface area contributed by atoms with Gasteiger partial charge in [0.1, 0.15) is 9.75 Å². The highest BCUT2D eigenvalue weighted by Gasteiger charge is 2.84. The highest BCUT2D eigenvalue weighted by atomic mass is 35.5. The van der Waals surface area contributed by atoms with Gasteiger partial charge in [-0.3, -0.25) is 0 Å². The zero-order chi connectivity index (χ0) is 13.7. The molecule has 3 rings (SSSR count). The number of aliphatic hydroxyl groups is 1. The third-order valence-electron chi connectivity index (χ3n) is 3.98. The monoisotopic (exact) mass is 386 g/mol. The summed E-state index contributed by atoms with van der Waals surface area (Å²) in [5, 5.41) is 9.60. The Bertz CT molecular complexity index is 512. The summed E-state index contributed by atoms with van der Waals surface area (Å²) in [4.78, 5) is -2.88. The van der Waals surface area contributed by atoms with Gasteiger partial charge in [0.2, 0.25) is 0 Å². The van der Waals surface area contributed by atoms with Crippen LogP contribution in [0.2, 0.25) is 0 Å². The van der Waals surface area contributed by atoms with Crippen molar-refractivity contribution in [3.8, 4) is 0 Å². The van der Waals surface area contributed by atoms with Gasteiger partial charge in [0.25, 0.3) is 0 Å². The molecule has 5 unspecified atom stereocenters. The Hall–Kier alpha value is 1.31. The van der Waals surface area contributed by atoms with Crippen LogP contribution in [0.4, 0.5) is 0 Å². The number of hydrogen-bond acceptors (Lipinski definition) is 1. The molecule has 2 bridgehead atoms. The molecule has 0 amide bonds. The van der Waals surface area contributed by atoms with E-state index in [-0.39, 0.29) is 15.8 Å². The minimum Gasteiger partial charge on any atom is -0.512 e. The average Bonchev–Trinajstić information content (AvgIpc) is 2.68. The molecule has 3 aliphatic carbocycles. The minimum absolute atomic E-state index is 0.00878. The first-order valence-corrected chi connectivity index (χ1v) is 7.68. The van der Waals surface area contributed by atoms with Gasteiger partial charge in [-0.05, 0) is 6.08 Å². The van der Waals surface area contributed by atoms with Crippen LogP contribution < -0.4 is 0 Å². The molecule has 0 aromatic heterocycles. The third kappa shape index (κ3) is 1.15. The maximum Gasteiger partial charge on any atom is 0.167 e. The van der Waals surface area contributed by atoms with Gasteiger partial charge in [-0.15, -0.1) is 34.8 Å². The van der Waals surface area contributed by atoms with E-state index in [1.807, 2.05) is 0 Å². The van der Waals surface area contributed by atoms with Gasteiger partial charge < -0.3 is 5.11 Å². The molecular weight excluding hydrogens is 384 g/mol. The van der Waals surface area contributed by atoms with Crippen molar-refractivity contribution in [2.24, 2.45) is 11.8 Å². The summed E-state index contributed by atoms with van der Waals surface area (Å²) in [7, 11) is 0. The predicted octanol–water partition coefficient (Wildman–Crippen LogP) is 5.13. The van der Waals surface area contributed by atoms with E-state index in [1.54, 1.807) is 0 Å². The van der Waals surface area contributed by atoms with E-state index < -0.39 is 31.3 Å². The highest BCUT2D eigenvalue weighted by molar-refractivity contribution is 6.66. The summed E-state index contributed by atoms with van der Waals surface area (Å²) < 4.78 is -1.65. The fourth-order valence-corrected chi connectivity index (χ4v) is 6.74. The number of allylic oxidation sites excluding steroid dienone is 4. The van der Waals surface area contributed by atoms with Crippen LogP contribution in [0.5, 0.6) is 0 Å². The summed E-state index contributed by atoms with van der Waals surface area (Å²) in [6.07, 6.45) is 1.47. The summed E-state index contributed by atoms with van der Waals surface area (Å²) in [5.41, 5.74) is 0. The van der Waals surface area contributed by atoms with Crippen molar-refractivity contribution in [1.82, 2.24) is 0 Å². The Morgan fingerprint density at radius 3 is 2.06 bits per heavy atom. The lowest BCUT2D eigenvalue weighted by atomic mass is 9.83. The Labute approximate surface area is 139 Å². The molecular formula is C10H5Cl7O. The lowest BCUT2D eigenvalue weighted by Gasteiger charge is -2.34. The maximum absolute atomic E-state index is 10.00. The van der Waals surface area contributed by atoms with Gasteiger partial charge in [-0.25, -0.2) is 0 Å². The van der Waals surface area contributed by atoms with Crippen molar-refractivity contribution < 1.29 is 5.11 Å². The van der Waals surface area contributed by atoms with Gasteiger partial charge in [-0.1, -0.05) is 46.4 Å². The molecule has 0 spiro atoms. The van der Waals surface area contributed by atoms with Crippen molar-refractivity contribution >= 4 is 81.2 Å². The number of aliphatic hydroxyl groups excluding tert-OH is 1. The first-order chi connectivity index (χ1) is 8.11. The Morgan fingerprint density at radius 2 is 1.50 bits per heavy atom. The van der Waals surface area contributed by atoms with Crippen LogP contribution in [-0.4, -0.2) is 24.6 Å². The van der Waals surface area contributed by atoms with Crippen LogP contribution in [0.1, 0.15) is 0 Å². The van der Waals surface area contributed by atoms with Crippen molar-refractivity contribution in [3.63, 3.8) is 0 Å². The molecule has 0 aromatic carbocycles. The SMILES string of the molecule is OC1=CC(Cl)C2C1C1(Cl)C(Cl)=C(Cl)C2(Cl)C1(Cl)Cl. The minimum atomic E-state index is -1.65. The van der Waals surface area contributed by atoms with Crippen LogP contribution in [0.15, 0.2) is 21.9 Å². The Balaban J connectivity index is 2.33. The molecule has 0 heterocycles. The largest absolute Gasteiger partial charge is 0.512 e. The molecule has 1 saturated carbocycles. The summed E-state index contributed by atoms with van der Waals surface area (Å²) in [5.74, 6) is -1.17. The zero-order valence-electron chi connectivity index (χ0n) is 8.40. The molecule has 1 N–H and O–H groups in total. The second-order valence-electron chi connectivity index (χ2n) is 4.67. The lowest BCUT2D eigenvalue weighted by molar-refractivity contribution is 0.286. The second kappa shape index (κ2) is 3.74. The molecule has 8 heteroatoms. The number of alkyl halides is 5. The molecule has 0 saturated heterocycles. The van der Waals surface area contributed by atoms with E-state index >= 15 is 0 Å². The summed E-state index contributed by atoms with van der Waals surface area (Å²) in [6, 6.07) is 0. The normalized spacial score (nSPS) is 52.8. The summed E-state index contributed by atoms with van der Waals surface area (Å²) in [6.45, 7) is 0. The van der Waals surface area contributed by atoms with Crippen molar-refractivity contribution in [1.29, 1.82) is 0 Å². The van der Waals surface area contributed by atoms with E-state index in [2.05, 4.69) is 0 Å². The van der Waals surface area contributed by atoms with E-state index in [0.717, 1.165) is 0 Å². The molecule has 18 heavy (non-hydrogen) atoms. The predicted molar refractivity (Wildman–Crippen MR) is 77.7 cm³/mol. The third-order valence-corrected chi connectivity index (χ3v) is 8.66. The molecule has 5 atom stereocenters. The Kier molecular flexibility index (Phi) is 2.96. The van der Waals surface area contributed by atoms with E-state index in [0.29, 0.717) is 0 Å². The zero-order valence-corrected chi connectivity index (χ0v) is 13.7. The van der Waals surface area contributed by atoms with Gasteiger partial charge in [0.05, 0.1) is 21.2 Å². The van der Waals surface area contributed by atoms with Crippen LogP contribution in [-0.2, 0) is 0 Å². The topological polar surface area (TPSA) is 20.2 Å². The molecule has 0 aromatic rings. The van der Waals surface area contributed by atoms with Crippen LogP contribution in [0.3, 0.4) is 0 Å². The number of rotatable bonds is 0. The standard InChI is InChI=1S/C10H5Cl7O/c11-2-1-3(18)5-4(2)8(14)6(12)7(13)9(5,15)10(8,16)17/h1-2,4-5,18H. The summed E-state index contributed by atoms with van der Waals surface area (Å²) >= 11 is 44.2. The lowest BCUT2D eigenvalue weighted by Crippen LogP contribution is -2.46. The average molecular weight is 389 g/mol. The van der Waals surface area contributed by atoms with Crippen molar-refractivity contribution in [2.45, 2.75) is 19.5 Å². The second-order valence-corrected chi connectivity index (χ2v) is 8.44. The fraction of sp³-hybridized carbons (Fsp3) is 0.600.